The summed E-state index contributed by atoms with van der Waals surface area (Å²) in [4.78, 5) is 0. The Hall–Kier alpha value is -0.870. The quantitative estimate of drug-likeness (QED) is 0.679. The lowest BCUT2D eigenvalue weighted by atomic mass is 9.84. The highest BCUT2D eigenvalue weighted by Crippen LogP contribution is 2.24. The van der Waals surface area contributed by atoms with E-state index in [1.54, 1.807) is 6.20 Å². The summed E-state index contributed by atoms with van der Waals surface area (Å²) in [6, 6.07) is 0. The Morgan fingerprint density at radius 2 is 2.42 bits per heavy atom. The van der Waals surface area contributed by atoms with Gasteiger partial charge in [0.2, 0.25) is 0 Å². The lowest BCUT2D eigenvalue weighted by Crippen LogP contribution is -2.35. The first-order valence-corrected chi connectivity index (χ1v) is 3.87. The molecule has 0 radical (unpaired) electrons. The topological polar surface area (TPSA) is 72.3 Å². The Labute approximate surface area is 71.4 Å². The van der Waals surface area contributed by atoms with Crippen LogP contribution in [0, 0.1) is 6.92 Å². The molecule has 0 bridgehead atoms. The average molecular weight is 170 g/mol. The maximum Gasteiger partial charge on any atom is 0.137 e. The minimum absolute atomic E-state index is 0.00551. The van der Waals surface area contributed by atoms with Gasteiger partial charge in [0.1, 0.15) is 5.76 Å². The van der Waals surface area contributed by atoms with Crippen molar-refractivity contribution in [1.29, 1.82) is 0 Å². The second-order valence-corrected chi connectivity index (χ2v) is 3.22. The van der Waals surface area contributed by atoms with E-state index < -0.39 is 5.41 Å². The third kappa shape index (κ3) is 1.35. The fraction of sp³-hybridized carbons (Fsp3) is 0.625. The van der Waals surface area contributed by atoms with Crippen molar-refractivity contribution in [1.82, 2.24) is 5.16 Å². The highest BCUT2D eigenvalue weighted by atomic mass is 16.5. The van der Waals surface area contributed by atoms with Gasteiger partial charge in [-0.15, -0.1) is 0 Å². The van der Waals surface area contributed by atoms with E-state index in [0.29, 0.717) is 6.54 Å². The fourth-order valence-electron chi connectivity index (χ4n) is 1.14. The van der Waals surface area contributed by atoms with E-state index >= 15 is 0 Å². The number of aliphatic hydroxyl groups excluding tert-OH is 1. The third-order valence-corrected chi connectivity index (χ3v) is 2.20. The molecule has 68 valence electrons. The van der Waals surface area contributed by atoms with Crippen LogP contribution in [0.15, 0.2) is 10.7 Å². The van der Waals surface area contributed by atoms with Crippen LogP contribution in [0.5, 0.6) is 0 Å². The predicted molar refractivity (Wildman–Crippen MR) is 44.7 cm³/mol. The molecule has 0 saturated carbocycles. The molecule has 12 heavy (non-hydrogen) atoms. The average Bonchev–Trinajstić information content (AvgIpc) is 2.51. The first-order valence-electron chi connectivity index (χ1n) is 3.87. The minimum Gasteiger partial charge on any atom is -0.395 e. The van der Waals surface area contributed by atoms with E-state index in [1.807, 2.05) is 13.8 Å². The van der Waals surface area contributed by atoms with Gasteiger partial charge in [-0.2, -0.15) is 0 Å². The van der Waals surface area contributed by atoms with Crippen molar-refractivity contribution in [3.63, 3.8) is 0 Å². The molecular weight excluding hydrogens is 156 g/mol. The van der Waals surface area contributed by atoms with Gasteiger partial charge in [0.25, 0.3) is 0 Å². The SMILES string of the molecule is Cc1oncc1C(C)(CN)CO. The molecule has 0 aliphatic heterocycles. The van der Waals surface area contributed by atoms with Crippen LogP contribution in [-0.4, -0.2) is 23.4 Å². The number of rotatable bonds is 3. The fourth-order valence-corrected chi connectivity index (χ4v) is 1.14. The number of aromatic nitrogens is 1. The van der Waals surface area contributed by atoms with Gasteiger partial charge >= 0.3 is 0 Å². The van der Waals surface area contributed by atoms with E-state index in [4.69, 9.17) is 15.4 Å². The Morgan fingerprint density at radius 1 is 1.75 bits per heavy atom. The maximum absolute atomic E-state index is 9.13. The minimum atomic E-state index is -0.427. The largest absolute Gasteiger partial charge is 0.395 e. The molecule has 1 atom stereocenters. The first-order chi connectivity index (χ1) is 5.64. The first kappa shape index (κ1) is 9.22. The third-order valence-electron chi connectivity index (χ3n) is 2.20. The van der Waals surface area contributed by atoms with Gasteiger partial charge in [-0.1, -0.05) is 12.1 Å². The number of nitrogens with zero attached hydrogens (tertiary/aromatic N) is 1. The molecule has 1 aromatic heterocycles. The number of nitrogens with two attached hydrogens (primary N) is 1. The molecule has 3 N–H and O–H groups in total. The zero-order chi connectivity index (χ0) is 9.19. The molecule has 0 fully saturated rings. The van der Waals surface area contributed by atoms with Crippen molar-refractivity contribution < 1.29 is 9.63 Å². The van der Waals surface area contributed by atoms with Crippen molar-refractivity contribution in [2.24, 2.45) is 5.73 Å². The monoisotopic (exact) mass is 170 g/mol. The van der Waals surface area contributed by atoms with E-state index in [0.717, 1.165) is 11.3 Å². The summed E-state index contributed by atoms with van der Waals surface area (Å²) < 4.78 is 4.90. The molecule has 4 heteroatoms. The smallest absolute Gasteiger partial charge is 0.137 e. The molecule has 4 nitrogen and oxygen atoms in total. The van der Waals surface area contributed by atoms with Gasteiger partial charge < -0.3 is 15.4 Å². The summed E-state index contributed by atoms with van der Waals surface area (Å²) in [7, 11) is 0. The molecule has 1 unspecified atom stereocenters. The van der Waals surface area contributed by atoms with Crippen molar-refractivity contribution in [3.05, 3.63) is 17.5 Å². The molecule has 1 rings (SSSR count). The van der Waals surface area contributed by atoms with Crippen molar-refractivity contribution >= 4 is 0 Å². The van der Waals surface area contributed by atoms with E-state index in [-0.39, 0.29) is 6.61 Å². The molecule has 0 amide bonds. The van der Waals surface area contributed by atoms with Gasteiger partial charge in [0.05, 0.1) is 12.8 Å². The summed E-state index contributed by atoms with van der Waals surface area (Å²) >= 11 is 0. The zero-order valence-electron chi connectivity index (χ0n) is 7.37. The van der Waals surface area contributed by atoms with Crippen LogP contribution in [0.3, 0.4) is 0 Å². The molecule has 0 aliphatic carbocycles. The van der Waals surface area contributed by atoms with Crippen LogP contribution >= 0.6 is 0 Å². The van der Waals surface area contributed by atoms with Gasteiger partial charge in [0, 0.05) is 17.5 Å². The van der Waals surface area contributed by atoms with Crippen LogP contribution in [0.4, 0.5) is 0 Å². The van der Waals surface area contributed by atoms with Gasteiger partial charge in [-0.05, 0) is 6.92 Å². The number of hydrogen-bond acceptors (Lipinski definition) is 4. The summed E-state index contributed by atoms with van der Waals surface area (Å²) in [5.41, 5.74) is 6.00. The second-order valence-electron chi connectivity index (χ2n) is 3.22. The molecule has 0 saturated heterocycles. The summed E-state index contributed by atoms with van der Waals surface area (Å²) in [6.45, 7) is 4.08. The Balaban J connectivity index is 3.02. The molecule has 1 aromatic rings. The predicted octanol–water partition coefficient (Wildman–Crippen LogP) is 0.192. The highest BCUT2D eigenvalue weighted by molar-refractivity contribution is 5.24. The van der Waals surface area contributed by atoms with E-state index in [9.17, 15) is 0 Å². The lowest BCUT2D eigenvalue weighted by Gasteiger charge is -2.23. The second kappa shape index (κ2) is 3.25. The normalized spacial score (nSPS) is 16.0. The van der Waals surface area contributed by atoms with Crippen LogP contribution in [0.25, 0.3) is 0 Å². The molecular formula is C8H14N2O2. The van der Waals surface area contributed by atoms with Crippen LogP contribution < -0.4 is 5.73 Å². The van der Waals surface area contributed by atoms with Gasteiger partial charge in [-0.3, -0.25) is 0 Å². The van der Waals surface area contributed by atoms with Crippen LogP contribution in [0.1, 0.15) is 18.2 Å². The molecule has 1 heterocycles. The van der Waals surface area contributed by atoms with E-state index in [2.05, 4.69) is 5.16 Å². The number of aryl methyl sites for hydroxylation is 1. The van der Waals surface area contributed by atoms with E-state index in [1.165, 1.54) is 0 Å². The summed E-state index contributed by atoms with van der Waals surface area (Å²) in [5, 5.41) is 12.8. The van der Waals surface area contributed by atoms with Gasteiger partial charge in [-0.25, -0.2) is 0 Å². The number of hydrogen-bond donors (Lipinski definition) is 2. The Kier molecular flexibility index (Phi) is 2.49. The Morgan fingerprint density at radius 3 is 2.75 bits per heavy atom. The Bertz CT molecular complexity index is 253. The maximum atomic E-state index is 9.13. The number of aliphatic hydroxyl groups is 1. The van der Waals surface area contributed by atoms with Gasteiger partial charge in [0.15, 0.2) is 0 Å². The standard InChI is InChI=1S/C8H14N2O2/c1-6-7(3-10-12-6)8(2,4-9)5-11/h3,11H,4-5,9H2,1-2H3. The summed E-state index contributed by atoms with van der Waals surface area (Å²) in [6.07, 6.45) is 1.61. The molecule has 0 aliphatic rings. The lowest BCUT2D eigenvalue weighted by molar-refractivity contribution is 0.208. The van der Waals surface area contributed by atoms with Crippen LogP contribution in [-0.2, 0) is 5.41 Å². The van der Waals surface area contributed by atoms with Crippen molar-refractivity contribution in [2.45, 2.75) is 19.3 Å². The highest BCUT2D eigenvalue weighted by Gasteiger charge is 2.28. The van der Waals surface area contributed by atoms with Crippen molar-refractivity contribution in [2.75, 3.05) is 13.2 Å². The van der Waals surface area contributed by atoms with Crippen molar-refractivity contribution in [3.8, 4) is 0 Å². The summed E-state index contributed by atoms with van der Waals surface area (Å²) in [5.74, 6) is 0.719. The molecule has 0 aromatic carbocycles. The zero-order valence-corrected chi connectivity index (χ0v) is 7.37. The van der Waals surface area contributed by atoms with Crippen LogP contribution in [0.2, 0.25) is 0 Å². The molecule has 0 spiro atoms.